The summed E-state index contributed by atoms with van der Waals surface area (Å²) in [7, 11) is 0. The van der Waals surface area contributed by atoms with Gasteiger partial charge in [0.05, 0.1) is 33.5 Å². The molecule has 3 aromatic rings. The lowest BCUT2D eigenvalue weighted by Crippen LogP contribution is -2.18. The zero-order valence-corrected chi connectivity index (χ0v) is 25.6. The van der Waals surface area contributed by atoms with Crippen molar-refractivity contribution in [2.75, 3.05) is 0 Å². The molecule has 0 radical (unpaired) electrons. The number of hydrogen-bond donors (Lipinski definition) is 1. The average molecular weight is 812 g/mol. The van der Waals surface area contributed by atoms with E-state index in [1.807, 2.05) is 0 Å². The molecular formula is C32H2F18N6. The van der Waals surface area contributed by atoms with Gasteiger partial charge in [0.1, 0.15) is 81.2 Å². The maximum absolute atomic E-state index is 15.5. The lowest BCUT2D eigenvalue weighted by Gasteiger charge is -2.15. The highest BCUT2D eigenvalue weighted by Gasteiger charge is 2.50. The zero-order chi connectivity index (χ0) is 42.9. The van der Waals surface area contributed by atoms with E-state index < -0.39 is 155 Å². The molecule has 1 saturated carbocycles. The summed E-state index contributed by atoms with van der Waals surface area (Å²) in [5, 5.41) is 46.5. The number of halogens is 18. The topological polar surface area (TPSA) is 145 Å². The van der Waals surface area contributed by atoms with Crippen molar-refractivity contribution in [3.63, 3.8) is 0 Å². The van der Waals surface area contributed by atoms with E-state index in [-0.39, 0.29) is 0 Å². The highest BCUT2D eigenvalue weighted by atomic mass is 19.4. The van der Waals surface area contributed by atoms with Crippen LogP contribution in [0.15, 0.2) is 16.7 Å². The van der Waals surface area contributed by atoms with Gasteiger partial charge in [-0.1, -0.05) is 0 Å². The molecule has 286 valence electrons. The van der Waals surface area contributed by atoms with Crippen molar-refractivity contribution in [3.05, 3.63) is 119 Å². The number of nitrogens with zero attached hydrogens (tertiary/aromatic N) is 5. The van der Waals surface area contributed by atoms with E-state index in [4.69, 9.17) is 21.5 Å². The van der Waals surface area contributed by atoms with Crippen molar-refractivity contribution in [3.8, 4) is 30.3 Å². The van der Waals surface area contributed by atoms with Crippen LogP contribution in [-0.4, -0.2) is 0 Å². The van der Waals surface area contributed by atoms with Gasteiger partial charge in [-0.2, -0.15) is 65.8 Å². The average Bonchev–Trinajstić information content (AvgIpc) is 3.82. The van der Waals surface area contributed by atoms with Gasteiger partial charge < -0.3 is 5.73 Å². The molecule has 24 heteroatoms. The summed E-state index contributed by atoms with van der Waals surface area (Å²) in [6, 6.07) is 2.71. The quantitative estimate of drug-likeness (QED) is 0.159. The molecule has 0 saturated heterocycles. The molecule has 0 spiro atoms. The summed E-state index contributed by atoms with van der Waals surface area (Å²) < 4.78 is 261. The molecule has 0 amide bonds. The van der Waals surface area contributed by atoms with Crippen molar-refractivity contribution < 1.29 is 79.0 Å². The van der Waals surface area contributed by atoms with E-state index in [0.717, 1.165) is 0 Å². The Hall–Kier alpha value is -7.13. The Morgan fingerprint density at radius 3 is 0.857 bits per heavy atom. The monoisotopic (exact) mass is 812 g/mol. The minimum Gasteiger partial charge on any atom is -0.398 e. The summed E-state index contributed by atoms with van der Waals surface area (Å²) in [4.78, 5) is 0. The Morgan fingerprint density at radius 2 is 0.625 bits per heavy atom. The Labute approximate surface area is 296 Å². The van der Waals surface area contributed by atoms with E-state index in [9.17, 15) is 63.2 Å². The fourth-order valence-electron chi connectivity index (χ4n) is 5.33. The molecule has 3 aromatic carbocycles. The predicted octanol–water partition coefficient (Wildman–Crippen LogP) is 9.25. The third-order valence-corrected chi connectivity index (χ3v) is 7.60. The third kappa shape index (κ3) is 6.13. The van der Waals surface area contributed by atoms with Crippen LogP contribution >= 0.6 is 0 Å². The molecule has 1 aliphatic carbocycles. The summed E-state index contributed by atoms with van der Waals surface area (Å²) in [5.74, 6) is -26.7. The summed E-state index contributed by atoms with van der Waals surface area (Å²) in [6.07, 6.45) is -18.5. The first-order valence-electron chi connectivity index (χ1n) is 13.6. The fraction of sp³-hybridized carbons (Fsp3) is 0.0938. The largest absolute Gasteiger partial charge is 0.420 e. The van der Waals surface area contributed by atoms with Gasteiger partial charge in [0.15, 0.2) is 34.9 Å². The Kier molecular flexibility index (Phi) is 10.1. The molecule has 4 rings (SSSR count). The zero-order valence-electron chi connectivity index (χ0n) is 25.6. The minimum atomic E-state index is -6.18. The Bertz CT molecular complexity index is 2510. The van der Waals surface area contributed by atoms with Crippen LogP contribution in [0.4, 0.5) is 79.0 Å². The Balaban J connectivity index is 2.45. The number of rotatable bonds is 3. The number of nitriles is 5. The van der Waals surface area contributed by atoms with Crippen LogP contribution < -0.4 is 5.73 Å². The molecule has 2 N–H and O–H groups in total. The Morgan fingerprint density at radius 1 is 0.375 bits per heavy atom. The van der Waals surface area contributed by atoms with Gasteiger partial charge in [0.2, 0.25) is 0 Å². The first-order chi connectivity index (χ1) is 25.7. The second-order valence-corrected chi connectivity index (χ2v) is 10.5. The van der Waals surface area contributed by atoms with Crippen LogP contribution in [0.2, 0.25) is 0 Å². The first kappa shape index (κ1) is 41.6. The number of nitrogens with two attached hydrogens (primary N) is 1. The molecule has 0 heterocycles. The van der Waals surface area contributed by atoms with E-state index >= 15 is 26.3 Å². The number of hydrogen-bond acceptors (Lipinski definition) is 6. The normalized spacial score (nSPS) is 14.6. The highest BCUT2D eigenvalue weighted by Crippen LogP contribution is 2.57. The van der Waals surface area contributed by atoms with Crippen molar-refractivity contribution in [2.24, 2.45) is 5.73 Å². The van der Waals surface area contributed by atoms with Gasteiger partial charge in [0, 0.05) is 16.7 Å². The molecular weight excluding hydrogens is 810 g/mol. The second kappa shape index (κ2) is 13.6. The lowest BCUT2D eigenvalue weighted by atomic mass is 9.95. The van der Waals surface area contributed by atoms with Crippen LogP contribution in [0.3, 0.4) is 0 Å². The first-order valence-corrected chi connectivity index (χ1v) is 13.6. The fourth-order valence-corrected chi connectivity index (χ4v) is 5.33. The van der Waals surface area contributed by atoms with Crippen LogP contribution in [0.1, 0.15) is 50.1 Å². The third-order valence-electron chi connectivity index (χ3n) is 7.60. The molecule has 1 aliphatic rings. The number of benzene rings is 3. The van der Waals surface area contributed by atoms with Gasteiger partial charge in [-0.3, -0.25) is 0 Å². The summed E-state index contributed by atoms with van der Waals surface area (Å²) in [6.45, 7) is 0. The van der Waals surface area contributed by atoms with Crippen LogP contribution in [-0.2, 0) is 18.5 Å². The highest BCUT2D eigenvalue weighted by molar-refractivity contribution is 6.10. The molecule has 0 atom stereocenters. The van der Waals surface area contributed by atoms with Crippen molar-refractivity contribution in [2.45, 2.75) is 18.5 Å². The molecule has 0 unspecified atom stereocenters. The minimum absolute atomic E-state index is 0.453. The maximum atomic E-state index is 15.5. The van der Waals surface area contributed by atoms with Crippen LogP contribution in [0.25, 0.3) is 16.8 Å². The maximum Gasteiger partial charge on any atom is 0.420 e. The lowest BCUT2D eigenvalue weighted by molar-refractivity contribution is -0.141. The summed E-state index contributed by atoms with van der Waals surface area (Å²) in [5.41, 5.74) is -30.6. The van der Waals surface area contributed by atoms with Gasteiger partial charge in [-0.15, -0.1) is 0 Å². The summed E-state index contributed by atoms with van der Waals surface area (Å²) >= 11 is 0. The molecule has 1 fully saturated rings. The van der Waals surface area contributed by atoms with E-state index in [1.165, 1.54) is 0 Å². The number of alkyl halides is 9. The van der Waals surface area contributed by atoms with Gasteiger partial charge in [0.25, 0.3) is 0 Å². The second-order valence-electron chi connectivity index (χ2n) is 10.5. The van der Waals surface area contributed by atoms with Crippen LogP contribution in [0.5, 0.6) is 0 Å². The van der Waals surface area contributed by atoms with Crippen LogP contribution in [0, 0.1) is 109 Å². The van der Waals surface area contributed by atoms with Crippen molar-refractivity contribution in [1.82, 2.24) is 0 Å². The van der Waals surface area contributed by atoms with Crippen molar-refractivity contribution in [1.29, 1.82) is 26.3 Å². The predicted molar refractivity (Wildman–Crippen MR) is 144 cm³/mol. The standard InChI is InChI=1S/C32H2F18N6/c33-20-8(3-53)17(30(42,43)44)23(36)13(26(20)39)6(1-51)11-12(7(2-52)14-24(37)18(31(45,46)47)9(4-54)21(34)27(14)40)15(11)29(56)16-25(38)19(32(48,49)50)10(5-55)22(35)28(16)41/h56H2. The van der Waals surface area contributed by atoms with Gasteiger partial charge >= 0.3 is 18.5 Å². The van der Waals surface area contributed by atoms with E-state index in [2.05, 4.69) is 0 Å². The molecule has 6 nitrogen and oxygen atoms in total. The van der Waals surface area contributed by atoms with Crippen molar-refractivity contribution >= 4 is 16.8 Å². The SMILES string of the molecule is N#CC(=C1C(=C(N)c2c(F)c(F)c(C#N)c(C(F)(F)F)c2F)C1=C(C#N)c1c(F)c(F)c(C#N)c(C(F)(F)F)c1F)c1c(F)c(F)c(C#N)c(C(F)(F)F)c1F. The molecule has 56 heavy (non-hydrogen) atoms. The smallest absolute Gasteiger partial charge is 0.398 e. The van der Waals surface area contributed by atoms with Gasteiger partial charge in [-0.05, 0) is 0 Å². The molecule has 0 aromatic heterocycles. The van der Waals surface area contributed by atoms with Gasteiger partial charge in [-0.25, -0.2) is 39.5 Å². The number of allylic oxidation sites excluding steroid dienone is 5. The van der Waals surface area contributed by atoms with E-state index in [1.54, 1.807) is 0 Å². The van der Waals surface area contributed by atoms with E-state index in [0.29, 0.717) is 30.3 Å². The molecule has 0 bridgehead atoms. The molecule has 0 aliphatic heterocycles.